The van der Waals surface area contributed by atoms with E-state index in [1.165, 1.54) is 26.0 Å². The van der Waals surface area contributed by atoms with Crippen LogP contribution in [0, 0.1) is 0 Å². The second kappa shape index (κ2) is 9.18. The first-order chi connectivity index (χ1) is 14.9. The number of thioether (sulfide) groups is 1. The third-order valence-corrected chi connectivity index (χ3v) is 7.93. The first kappa shape index (κ1) is 24.2. The molecule has 2 aliphatic rings. The van der Waals surface area contributed by atoms with Crippen LogP contribution in [0.1, 0.15) is 20.8 Å². The van der Waals surface area contributed by atoms with Crippen molar-refractivity contribution >= 4 is 44.5 Å². The van der Waals surface area contributed by atoms with Crippen molar-refractivity contribution in [2.24, 2.45) is 4.99 Å². The molecular weight excluding hydrogens is 458 g/mol. The van der Waals surface area contributed by atoms with Crippen LogP contribution in [-0.4, -0.2) is 74.7 Å². The second-order valence-electron chi connectivity index (χ2n) is 8.35. The molecule has 2 aliphatic heterocycles. The zero-order valence-corrected chi connectivity index (χ0v) is 20.2. The fraction of sp³-hybridized carbons (Fsp3) is 0.550. The molecule has 1 aromatic carbocycles. The van der Waals surface area contributed by atoms with Gasteiger partial charge < -0.3 is 24.4 Å². The molecule has 0 spiro atoms. The molecule has 2 saturated heterocycles. The molecule has 3 rings (SSSR count). The molecule has 1 aromatic rings. The number of anilines is 1. The van der Waals surface area contributed by atoms with Crippen LogP contribution in [0.4, 0.5) is 10.5 Å². The van der Waals surface area contributed by atoms with E-state index < -0.39 is 33.5 Å². The topological polar surface area (TPSA) is 124 Å². The van der Waals surface area contributed by atoms with Crippen molar-refractivity contribution in [1.82, 2.24) is 5.32 Å². The molecule has 176 valence electrons. The van der Waals surface area contributed by atoms with Gasteiger partial charge in [-0.2, -0.15) is 4.99 Å². The van der Waals surface area contributed by atoms with Crippen molar-refractivity contribution in [1.29, 1.82) is 0 Å². The lowest BCUT2D eigenvalue weighted by Crippen LogP contribution is -2.39. The van der Waals surface area contributed by atoms with Gasteiger partial charge in [0.1, 0.15) is 23.6 Å². The number of benzene rings is 1. The number of alkyl carbamates (subject to hydrolysis) is 1. The number of rotatable bonds is 5. The van der Waals surface area contributed by atoms with Crippen LogP contribution in [-0.2, 0) is 19.4 Å². The average Bonchev–Trinajstić information content (AvgIpc) is 3.15. The van der Waals surface area contributed by atoms with Crippen LogP contribution in [0.5, 0.6) is 11.5 Å². The van der Waals surface area contributed by atoms with Crippen LogP contribution in [0.25, 0.3) is 0 Å². The minimum absolute atomic E-state index is 0.000667. The van der Waals surface area contributed by atoms with E-state index in [-0.39, 0.29) is 23.3 Å². The molecule has 0 radical (unpaired) electrons. The molecule has 0 bridgehead atoms. The van der Waals surface area contributed by atoms with Crippen molar-refractivity contribution in [2.75, 3.05) is 37.2 Å². The molecule has 1 N–H and O–H groups in total. The first-order valence-corrected chi connectivity index (χ1v) is 12.6. The normalized spacial score (nSPS) is 23.0. The highest BCUT2D eigenvalue weighted by Crippen LogP contribution is 2.44. The van der Waals surface area contributed by atoms with Crippen LogP contribution < -0.4 is 19.7 Å². The van der Waals surface area contributed by atoms with Crippen molar-refractivity contribution < 1.29 is 32.2 Å². The van der Waals surface area contributed by atoms with Gasteiger partial charge in [-0.25, -0.2) is 13.2 Å². The number of hydrogen-bond acceptors (Lipinski definition) is 8. The summed E-state index contributed by atoms with van der Waals surface area (Å²) >= 11 is 1.23. The third-order valence-electron chi connectivity index (χ3n) is 4.72. The number of carbonyl (C=O) groups excluding carboxylic acids is 2. The highest BCUT2D eigenvalue weighted by molar-refractivity contribution is 8.16. The molecular formula is C20H27N3O7S2. The van der Waals surface area contributed by atoms with E-state index >= 15 is 0 Å². The number of hydrogen-bond donors (Lipinski definition) is 1. The van der Waals surface area contributed by atoms with Gasteiger partial charge >= 0.3 is 6.09 Å². The van der Waals surface area contributed by atoms with Gasteiger partial charge in [-0.15, -0.1) is 0 Å². The summed E-state index contributed by atoms with van der Waals surface area (Å²) in [5.74, 6) is 0.397. The molecule has 0 aliphatic carbocycles. The van der Waals surface area contributed by atoms with E-state index in [1.807, 2.05) is 0 Å². The van der Waals surface area contributed by atoms with E-state index in [0.717, 1.165) is 0 Å². The standard InChI is InChI=1S/C20H27N3O7S2/c1-20(2,3)30-19(25)21-9-17(24)22-18-23(14-10-32(26,27)11-16(14)31-18)13-7-6-12(28-4)8-15(13)29-5/h6-8,14,16H,9-11H2,1-5H3,(H,21,25). The maximum Gasteiger partial charge on any atom is 0.408 e. The smallest absolute Gasteiger partial charge is 0.408 e. The lowest BCUT2D eigenvalue weighted by molar-refractivity contribution is -0.117. The van der Waals surface area contributed by atoms with Crippen molar-refractivity contribution in [3.63, 3.8) is 0 Å². The third kappa shape index (κ3) is 5.66. The van der Waals surface area contributed by atoms with Gasteiger partial charge in [-0.05, 0) is 32.9 Å². The van der Waals surface area contributed by atoms with Crippen LogP contribution in [0.15, 0.2) is 23.2 Å². The van der Waals surface area contributed by atoms with Gasteiger partial charge in [0.2, 0.25) is 0 Å². The summed E-state index contributed by atoms with van der Waals surface area (Å²) in [5, 5.41) is 2.48. The fourth-order valence-electron chi connectivity index (χ4n) is 3.44. The lowest BCUT2D eigenvalue weighted by atomic mass is 10.2. The van der Waals surface area contributed by atoms with Crippen molar-refractivity contribution in [2.45, 2.75) is 37.7 Å². The Kier molecular flexibility index (Phi) is 6.94. The number of sulfone groups is 1. The number of methoxy groups -OCH3 is 2. The quantitative estimate of drug-likeness (QED) is 0.665. The highest BCUT2D eigenvalue weighted by atomic mass is 32.2. The van der Waals surface area contributed by atoms with Gasteiger partial charge in [0.25, 0.3) is 5.91 Å². The molecule has 2 atom stereocenters. The van der Waals surface area contributed by atoms with Crippen LogP contribution in [0.3, 0.4) is 0 Å². The Labute approximate surface area is 191 Å². The summed E-state index contributed by atoms with van der Waals surface area (Å²) < 4.78 is 40.3. The average molecular weight is 486 g/mol. The van der Waals surface area contributed by atoms with Gasteiger partial charge in [0.15, 0.2) is 15.0 Å². The monoisotopic (exact) mass is 485 g/mol. The largest absolute Gasteiger partial charge is 0.497 e. The Morgan fingerprint density at radius 3 is 2.56 bits per heavy atom. The summed E-state index contributed by atoms with van der Waals surface area (Å²) in [4.78, 5) is 30.2. The summed E-state index contributed by atoms with van der Waals surface area (Å²) in [6.07, 6.45) is -0.721. The SMILES string of the molecule is COc1ccc(N2C(=NC(=O)CNC(=O)OC(C)(C)C)SC3CS(=O)(=O)CC32)c(OC)c1. The van der Waals surface area contributed by atoms with E-state index in [1.54, 1.807) is 43.9 Å². The summed E-state index contributed by atoms with van der Waals surface area (Å²) in [7, 11) is -0.183. The van der Waals surface area contributed by atoms with Gasteiger partial charge in [-0.1, -0.05) is 11.8 Å². The molecule has 12 heteroatoms. The zero-order chi connectivity index (χ0) is 23.7. The number of aliphatic imine (C=N–C) groups is 1. The van der Waals surface area contributed by atoms with Gasteiger partial charge in [0, 0.05) is 11.3 Å². The second-order valence-corrected chi connectivity index (χ2v) is 11.7. The first-order valence-electron chi connectivity index (χ1n) is 9.89. The molecule has 0 aromatic heterocycles. The molecule has 2 amide bonds. The Bertz CT molecular complexity index is 1030. The number of fused-ring (bicyclic) bond motifs is 1. The minimum Gasteiger partial charge on any atom is -0.497 e. The number of nitrogens with zero attached hydrogens (tertiary/aromatic N) is 2. The van der Waals surface area contributed by atoms with E-state index in [4.69, 9.17) is 14.2 Å². The number of ether oxygens (including phenoxy) is 3. The maximum atomic E-state index is 12.5. The molecule has 2 unspecified atom stereocenters. The van der Waals surface area contributed by atoms with E-state index in [9.17, 15) is 18.0 Å². The Morgan fingerprint density at radius 1 is 1.22 bits per heavy atom. The highest BCUT2D eigenvalue weighted by Gasteiger charge is 2.50. The van der Waals surface area contributed by atoms with Crippen LogP contribution >= 0.6 is 11.8 Å². The molecule has 2 heterocycles. The minimum atomic E-state index is -3.21. The molecule has 10 nitrogen and oxygen atoms in total. The van der Waals surface area contributed by atoms with Crippen molar-refractivity contribution in [3.8, 4) is 11.5 Å². The van der Waals surface area contributed by atoms with Gasteiger partial charge in [-0.3, -0.25) is 4.79 Å². The van der Waals surface area contributed by atoms with Gasteiger partial charge in [0.05, 0.1) is 37.5 Å². The molecule has 2 fully saturated rings. The predicted molar refractivity (Wildman–Crippen MR) is 123 cm³/mol. The lowest BCUT2D eigenvalue weighted by Gasteiger charge is -2.26. The molecule has 0 saturated carbocycles. The Morgan fingerprint density at radius 2 is 1.94 bits per heavy atom. The summed E-state index contributed by atoms with van der Waals surface area (Å²) in [6, 6.07) is 4.76. The van der Waals surface area contributed by atoms with E-state index in [2.05, 4.69) is 10.3 Å². The number of carbonyl (C=O) groups is 2. The van der Waals surface area contributed by atoms with E-state index in [0.29, 0.717) is 22.4 Å². The van der Waals surface area contributed by atoms with Crippen LogP contribution in [0.2, 0.25) is 0 Å². The Balaban J connectivity index is 1.86. The zero-order valence-electron chi connectivity index (χ0n) is 18.6. The number of nitrogens with one attached hydrogen (secondary N) is 1. The molecule has 32 heavy (non-hydrogen) atoms. The van der Waals surface area contributed by atoms with Crippen molar-refractivity contribution in [3.05, 3.63) is 18.2 Å². The number of amides is 2. The summed E-state index contributed by atoms with van der Waals surface area (Å²) in [5.41, 5.74) is -0.109. The number of amidine groups is 1. The predicted octanol–water partition coefficient (Wildman–Crippen LogP) is 1.83. The Hall–Kier alpha value is -2.47. The summed E-state index contributed by atoms with van der Waals surface area (Å²) in [6.45, 7) is 4.81. The fourth-order valence-corrected chi connectivity index (χ4v) is 7.36. The maximum absolute atomic E-state index is 12.5.